The number of hydrogen-bond donors (Lipinski definition) is 10. The van der Waals surface area contributed by atoms with E-state index in [-0.39, 0.29) is 91.1 Å². The first kappa shape index (κ1) is 104. The van der Waals surface area contributed by atoms with Gasteiger partial charge in [0.15, 0.2) is 0 Å². The Morgan fingerprint density at radius 1 is 0.289 bits per heavy atom. The summed E-state index contributed by atoms with van der Waals surface area (Å²) in [4.78, 5) is 133. The molecule has 2 aliphatic carbocycles. The molecule has 0 spiro atoms. The lowest BCUT2D eigenvalue weighted by atomic mass is 9.87. The number of ether oxygens (including phenoxy) is 11. The molecule has 0 atom stereocenters. The van der Waals surface area contributed by atoms with E-state index in [0.717, 1.165) is 75.8 Å². The Balaban J connectivity index is 0.000000303. The van der Waals surface area contributed by atoms with Crippen LogP contribution in [-0.4, -0.2) is 146 Å². The van der Waals surface area contributed by atoms with Gasteiger partial charge in [-0.1, -0.05) is 202 Å². The first-order valence-corrected chi connectivity index (χ1v) is 44.2. The second-order valence-electron chi connectivity index (χ2n) is 33.5. The van der Waals surface area contributed by atoms with Crippen molar-refractivity contribution in [1.82, 2.24) is 53.2 Å². The molecule has 0 saturated heterocycles. The molecule has 10 amide bonds. The fraction of sp³-hybridized carbons (Fsp3) is 0.510. The maximum atomic E-state index is 12.6. The summed E-state index contributed by atoms with van der Waals surface area (Å²) in [6.07, 6.45) is 8.45. The molecule has 2 aliphatic rings. The van der Waals surface area contributed by atoms with E-state index >= 15 is 0 Å². The standard InChI is InChI=1S/C36H58N4O8.C36H46N4O8.C24H30N2O6/c2*1-35(2,39-33(43)47-22-12-20-45-31(41)37-25-27-14-7-5-8-15-27)29-18-11-19-30(24-29)36(3,4)40-34(44)48-23-13-21-46-32(42)38-26-28-16-9-6-10-17-28;1-18(2)32-24(29)26-16-21-11-6-10-20(14-21)15-25-23(28)30-13-7-12-22(27)31-17-19-8-4-3-5-9-19/h11,18-19,24,27-28H,5-10,12-17,20-23,25-26H2,1-4H3,(H,37,41)(H,38,42)(H,39,43)(H,40,44);5-11,14-19,24H,12-13,20-23,25-26H2,1-4H3,(H,37,41)(H,38,42)(H,39,43)(H,40,44);3-6,8-11,14,18H,7,12-13,15-17H2,1-2H3,(H,25,28)(H,26,29). The number of hydrogen-bond acceptors (Lipinski definition) is 22. The zero-order valence-corrected chi connectivity index (χ0v) is 75.9. The van der Waals surface area contributed by atoms with Crippen LogP contribution in [0, 0.1) is 11.8 Å². The van der Waals surface area contributed by atoms with E-state index in [1.54, 1.807) is 13.8 Å². The molecule has 6 aromatic rings. The number of carbonyl (C=O) groups excluding carboxylic acids is 11. The van der Waals surface area contributed by atoms with Crippen molar-refractivity contribution in [3.8, 4) is 0 Å². The van der Waals surface area contributed by atoms with Gasteiger partial charge in [0.2, 0.25) is 0 Å². The lowest BCUT2D eigenvalue weighted by molar-refractivity contribution is -0.145. The van der Waals surface area contributed by atoms with Gasteiger partial charge in [-0.05, 0) is 163 Å². The van der Waals surface area contributed by atoms with Crippen molar-refractivity contribution in [3.63, 3.8) is 0 Å². The molecule has 0 heterocycles. The SMILES string of the molecule is CC(C)(NC(=O)OCCCOC(=O)NCC1CCCCC1)c1cccc(C(C)(C)NC(=O)OCCCOC(=O)NCC2CCCCC2)c1.CC(C)(NC(=O)OCCCOC(=O)NCc1ccccc1)c1cccc(C(C)(C)NC(=O)OCCCOC(=O)NCc2ccccc2)c1.CC(C)OC(=O)NCc1cccc(CNC(=O)OCCCC(=O)OCc2ccccc2)c1. The molecule has 2 saturated carbocycles. The van der Waals surface area contributed by atoms with Gasteiger partial charge >= 0.3 is 66.9 Å². The number of nitrogens with one attached hydrogen (secondary N) is 10. The Bertz CT molecular complexity index is 4160. The van der Waals surface area contributed by atoms with Gasteiger partial charge in [0, 0.05) is 71.4 Å². The third-order valence-corrected chi connectivity index (χ3v) is 20.6. The van der Waals surface area contributed by atoms with Crippen molar-refractivity contribution in [1.29, 1.82) is 0 Å². The van der Waals surface area contributed by atoms with Crippen LogP contribution in [0.25, 0.3) is 0 Å². The highest BCUT2D eigenvalue weighted by molar-refractivity contribution is 5.73. The van der Waals surface area contributed by atoms with Crippen LogP contribution in [0.4, 0.5) is 47.9 Å². The van der Waals surface area contributed by atoms with Crippen LogP contribution in [0.5, 0.6) is 0 Å². The highest BCUT2D eigenvalue weighted by Crippen LogP contribution is 2.30. The smallest absolute Gasteiger partial charge is 0.407 e. The summed E-state index contributed by atoms with van der Waals surface area (Å²) in [6, 6.07) is 50.9. The molecule has 10 N–H and O–H groups in total. The van der Waals surface area contributed by atoms with Crippen LogP contribution in [0.3, 0.4) is 0 Å². The van der Waals surface area contributed by atoms with Gasteiger partial charge in [0.25, 0.3) is 0 Å². The largest absolute Gasteiger partial charge is 0.461 e. The predicted octanol–water partition coefficient (Wildman–Crippen LogP) is 17.3. The Morgan fingerprint density at radius 3 is 0.875 bits per heavy atom. The molecular weight excluding hydrogens is 1650 g/mol. The Kier molecular flexibility index (Phi) is 46.6. The van der Waals surface area contributed by atoms with Crippen molar-refractivity contribution in [2.75, 3.05) is 72.6 Å². The van der Waals surface area contributed by atoms with Crippen molar-refractivity contribution < 1.29 is 105 Å². The zero-order valence-electron chi connectivity index (χ0n) is 75.9. The average molecular weight is 1780 g/mol. The lowest BCUT2D eigenvalue weighted by Crippen LogP contribution is -2.43. The van der Waals surface area contributed by atoms with Gasteiger partial charge in [-0.2, -0.15) is 0 Å². The van der Waals surface area contributed by atoms with E-state index in [9.17, 15) is 52.7 Å². The summed E-state index contributed by atoms with van der Waals surface area (Å²) in [5.74, 6) is 0.723. The molecule has 8 rings (SSSR count). The number of rotatable bonds is 43. The number of amides is 10. The fourth-order valence-corrected chi connectivity index (χ4v) is 13.3. The van der Waals surface area contributed by atoms with Gasteiger partial charge < -0.3 is 105 Å². The maximum Gasteiger partial charge on any atom is 0.407 e. The van der Waals surface area contributed by atoms with Gasteiger partial charge in [-0.15, -0.1) is 0 Å². The molecule has 0 radical (unpaired) electrons. The van der Waals surface area contributed by atoms with Crippen LogP contribution in [0.15, 0.2) is 164 Å². The van der Waals surface area contributed by atoms with E-state index in [1.807, 2.05) is 219 Å². The van der Waals surface area contributed by atoms with Crippen LogP contribution in [0.2, 0.25) is 0 Å². The summed E-state index contributed by atoms with van der Waals surface area (Å²) in [5.41, 5.74) is 4.65. The normalized spacial score (nSPS) is 12.7. The minimum absolute atomic E-state index is 0.0700. The first-order chi connectivity index (χ1) is 61.3. The Labute approximate surface area is 752 Å². The van der Waals surface area contributed by atoms with Crippen molar-refractivity contribution in [2.45, 2.75) is 233 Å². The molecule has 128 heavy (non-hydrogen) atoms. The molecule has 0 aromatic heterocycles. The number of benzene rings is 6. The van der Waals surface area contributed by atoms with E-state index in [0.29, 0.717) is 76.7 Å². The Hall–Kier alpha value is -12.5. The summed E-state index contributed by atoms with van der Waals surface area (Å²) < 4.78 is 57.2. The molecule has 0 unspecified atom stereocenters. The highest BCUT2D eigenvalue weighted by atomic mass is 16.6. The summed E-state index contributed by atoms with van der Waals surface area (Å²) in [7, 11) is 0. The summed E-state index contributed by atoms with van der Waals surface area (Å²) in [6.45, 7) is 22.2. The van der Waals surface area contributed by atoms with E-state index in [1.165, 1.54) is 38.5 Å². The molecular formula is C96H134N10O22. The lowest BCUT2D eigenvalue weighted by Gasteiger charge is -2.30. The van der Waals surface area contributed by atoms with E-state index < -0.39 is 83.1 Å². The third kappa shape index (κ3) is 44.6. The number of esters is 1. The topological polar surface area (TPSA) is 410 Å². The van der Waals surface area contributed by atoms with Gasteiger partial charge in [0.05, 0.1) is 87.7 Å². The third-order valence-electron chi connectivity index (χ3n) is 20.6. The summed E-state index contributed by atoms with van der Waals surface area (Å²) >= 11 is 0. The molecule has 0 aliphatic heterocycles. The Morgan fingerprint density at radius 2 is 0.555 bits per heavy atom. The highest BCUT2D eigenvalue weighted by Gasteiger charge is 2.31. The number of alkyl carbamates (subject to hydrolysis) is 10. The van der Waals surface area contributed by atoms with E-state index in [4.69, 9.17) is 52.1 Å². The van der Waals surface area contributed by atoms with Crippen LogP contribution < -0.4 is 53.2 Å². The van der Waals surface area contributed by atoms with Gasteiger partial charge in [-0.3, -0.25) is 4.79 Å². The second kappa shape index (κ2) is 57.3. The molecule has 2 fully saturated rings. The van der Waals surface area contributed by atoms with Gasteiger partial charge in [0.1, 0.15) is 6.61 Å². The second-order valence-corrected chi connectivity index (χ2v) is 33.5. The molecule has 32 nitrogen and oxygen atoms in total. The minimum Gasteiger partial charge on any atom is -0.461 e. The van der Waals surface area contributed by atoms with Crippen molar-refractivity contribution >= 4 is 66.9 Å². The molecule has 700 valence electrons. The number of carbonyl (C=O) groups is 11. The monoisotopic (exact) mass is 1780 g/mol. The van der Waals surface area contributed by atoms with Gasteiger partial charge in [-0.25, -0.2) is 47.9 Å². The molecule has 6 aromatic carbocycles. The zero-order chi connectivity index (χ0) is 92.8. The van der Waals surface area contributed by atoms with Crippen molar-refractivity contribution in [2.24, 2.45) is 11.8 Å². The predicted molar refractivity (Wildman–Crippen MR) is 481 cm³/mol. The van der Waals surface area contributed by atoms with Crippen LogP contribution in [0.1, 0.15) is 222 Å². The first-order valence-electron chi connectivity index (χ1n) is 44.2. The quantitative estimate of drug-likeness (QED) is 0.00965. The molecule has 0 bridgehead atoms. The van der Waals surface area contributed by atoms with Crippen LogP contribution >= 0.6 is 0 Å². The average Bonchev–Trinajstić information content (AvgIpc) is 0.807. The fourth-order valence-electron chi connectivity index (χ4n) is 13.3. The minimum atomic E-state index is -0.801. The van der Waals surface area contributed by atoms with Crippen molar-refractivity contribution in [3.05, 3.63) is 214 Å². The summed E-state index contributed by atoms with van der Waals surface area (Å²) in [5, 5.41) is 27.8. The molecule has 32 heteroatoms. The van der Waals surface area contributed by atoms with E-state index in [2.05, 4.69) is 53.2 Å². The maximum absolute atomic E-state index is 12.6. The van der Waals surface area contributed by atoms with Crippen LogP contribution in [-0.2, 0) is 112 Å².